The lowest BCUT2D eigenvalue weighted by molar-refractivity contribution is -0.119. The van der Waals surface area contributed by atoms with Crippen molar-refractivity contribution >= 4 is 52.9 Å². The molecule has 3 N–H and O–H groups in total. The Hall–Kier alpha value is -1.61. The van der Waals surface area contributed by atoms with Gasteiger partial charge in [-0.3, -0.25) is 9.79 Å². The van der Waals surface area contributed by atoms with Crippen LogP contribution in [0.1, 0.15) is 42.5 Å². The zero-order chi connectivity index (χ0) is 19.6. The van der Waals surface area contributed by atoms with Crippen molar-refractivity contribution in [1.29, 1.82) is 0 Å². The van der Waals surface area contributed by atoms with E-state index in [9.17, 15) is 4.79 Å². The van der Waals surface area contributed by atoms with Gasteiger partial charge in [-0.2, -0.15) is 0 Å². The number of nitrogens with one attached hydrogen (secondary N) is 3. The number of aliphatic imine (C=N–C) groups is 1. The van der Waals surface area contributed by atoms with Gasteiger partial charge in [0.15, 0.2) is 5.96 Å². The van der Waals surface area contributed by atoms with Crippen LogP contribution in [0.3, 0.4) is 0 Å². The van der Waals surface area contributed by atoms with Gasteiger partial charge in [-0.25, -0.2) is 0 Å². The first-order valence-corrected chi connectivity index (χ1v) is 10.3. The lowest BCUT2D eigenvalue weighted by atomic mass is 10.1. The van der Waals surface area contributed by atoms with Gasteiger partial charge in [0.05, 0.1) is 6.54 Å². The monoisotopic (exact) mass is 514 g/mol. The largest absolute Gasteiger partial charge is 0.352 e. The van der Waals surface area contributed by atoms with Crippen LogP contribution in [-0.4, -0.2) is 18.9 Å². The third-order valence-electron chi connectivity index (χ3n) is 4.43. The molecule has 0 radical (unpaired) electrons. The smallest absolute Gasteiger partial charge is 0.227 e. The average molecular weight is 514 g/mol. The molecular formula is C21H31IN4OS. The maximum absolute atomic E-state index is 12.1. The molecule has 1 amide bonds. The Morgan fingerprint density at radius 2 is 1.82 bits per heavy atom. The molecule has 0 fully saturated rings. The van der Waals surface area contributed by atoms with E-state index in [4.69, 9.17) is 0 Å². The van der Waals surface area contributed by atoms with E-state index in [1.165, 1.54) is 9.75 Å². The van der Waals surface area contributed by atoms with E-state index in [1.807, 2.05) is 49.4 Å². The minimum absolute atomic E-state index is 0. The molecule has 1 unspecified atom stereocenters. The fourth-order valence-corrected chi connectivity index (χ4v) is 3.39. The van der Waals surface area contributed by atoms with Crippen molar-refractivity contribution < 1.29 is 4.79 Å². The number of anilines is 1. The van der Waals surface area contributed by atoms with Gasteiger partial charge in [0.1, 0.15) is 0 Å². The van der Waals surface area contributed by atoms with Crippen LogP contribution in [0.4, 0.5) is 5.69 Å². The third kappa shape index (κ3) is 7.79. The van der Waals surface area contributed by atoms with Crippen molar-refractivity contribution in [1.82, 2.24) is 10.6 Å². The molecule has 0 spiro atoms. The summed E-state index contributed by atoms with van der Waals surface area (Å²) in [6.07, 6.45) is 1.90. The van der Waals surface area contributed by atoms with Crippen LogP contribution >= 0.6 is 35.3 Å². The van der Waals surface area contributed by atoms with Crippen LogP contribution in [0.25, 0.3) is 0 Å². The van der Waals surface area contributed by atoms with Crippen molar-refractivity contribution in [3.63, 3.8) is 0 Å². The minimum Gasteiger partial charge on any atom is -0.352 e. The number of halogens is 1. The maximum atomic E-state index is 12.1. The van der Waals surface area contributed by atoms with Crippen LogP contribution < -0.4 is 16.0 Å². The predicted molar refractivity (Wildman–Crippen MR) is 131 cm³/mol. The summed E-state index contributed by atoms with van der Waals surface area (Å²) in [6, 6.07) is 12.2. The number of carbonyl (C=O) groups is 1. The molecule has 0 aliphatic rings. The van der Waals surface area contributed by atoms with Gasteiger partial charge in [0, 0.05) is 35.0 Å². The van der Waals surface area contributed by atoms with E-state index in [0.29, 0.717) is 6.54 Å². The minimum atomic E-state index is 0. The molecule has 1 aromatic heterocycles. The highest BCUT2D eigenvalue weighted by Crippen LogP contribution is 2.16. The quantitative estimate of drug-likeness (QED) is 0.270. The predicted octanol–water partition coefficient (Wildman–Crippen LogP) is 4.78. The van der Waals surface area contributed by atoms with E-state index >= 15 is 0 Å². The van der Waals surface area contributed by atoms with Gasteiger partial charge < -0.3 is 16.0 Å². The van der Waals surface area contributed by atoms with Gasteiger partial charge in [-0.05, 0) is 42.7 Å². The number of guanidine groups is 1. The summed E-state index contributed by atoms with van der Waals surface area (Å²) >= 11 is 1.83. The lowest BCUT2D eigenvalue weighted by Crippen LogP contribution is -2.36. The summed E-state index contributed by atoms with van der Waals surface area (Å²) in [4.78, 5) is 19.0. The van der Waals surface area contributed by atoms with E-state index in [-0.39, 0.29) is 35.8 Å². The van der Waals surface area contributed by atoms with Crippen LogP contribution in [0.2, 0.25) is 0 Å². The van der Waals surface area contributed by atoms with Crippen LogP contribution in [-0.2, 0) is 24.3 Å². The lowest BCUT2D eigenvalue weighted by Gasteiger charge is -2.13. The second-order valence-electron chi connectivity index (χ2n) is 6.50. The van der Waals surface area contributed by atoms with Crippen LogP contribution in [0.5, 0.6) is 0 Å². The number of hydrogen-bond donors (Lipinski definition) is 3. The van der Waals surface area contributed by atoms with Crippen molar-refractivity contribution in [2.45, 2.75) is 46.7 Å². The molecule has 1 aromatic carbocycles. The van der Waals surface area contributed by atoms with Crippen molar-refractivity contribution in [2.75, 3.05) is 12.4 Å². The zero-order valence-corrected chi connectivity index (χ0v) is 20.2. The fraction of sp³-hybridized carbons (Fsp3) is 0.429. The topological polar surface area (TPSA) is 65.5 Å². The number of carbonyl (C=O) groups excluding carboxylic acids is 1. The van der Waals surface area contributed by atoms with Crippen LogP contribution in [0, 0.1) is 5.92 Å². The molecule has 5 nitrogen and oxygen atoms in total. The SMILES string of the molecule is CCc1ccc(CNC(=NC)NCc2cccc(NC(=O)C(C)CC)c2)s1.I. The van der Waals surface area contributed by atoms with E-state index in [2.05, 4.69) is 40.0 Å². The number of aryl methyl sites for hydroxylation is 1. The number of rotatable bonds is 8. The Morgan fingerprint density at radius 3 is 2.46 bits per heavy atom. The van der Waals surface area contributed by atoms with Gasteiger partial charge in [0.25, 0.3) is 0 Å². The Morgan fingerprint density at radius 1 is 1.11 bits per heavy atom. The number of nitrogens with zero attached hydrogens (tertiary/aromatic N) is 1. The standard InChI is InChI=1S/C21H30N4OS.HI/c1-5-15(3)20(26)25-17-9-7-8-16(12-17)13-23-21(22-4)24-14-19-11-10-18(6-2)27-19;/h7-12,15H,5-6,13-14H2,1-4H3,(H,25,26)(H2,22,23,24);1H. The molecular weight excluding hydrogens is 483 g/mol. The van der Waals surface area contributed by atoms with E-state index in [1.54, 1.807) is 7.05 Å². The number of hydrogen-bond acceptors (Lipinski definition) is 3. The molecule has 0 aliphatic carbocycles. The summed E-state index contributed by atoms with van der Waals surface area (Å²) in [5.41, 5.74) is 1.91. The molecule has 2 rings (SSSR count). The first kappa shape index (κ1) is 24.4. The number of amides is 1. The summed E-state index contributed by atoms with van der Waals surface area (Å²) in [5.74, 6) is 0.832. The molecule has 1 heterocycles. The van der Waals surface area contributed by atoms with Crippen molar-refractivity contribution in [3.05, 3.63) is 51.7 Å². The summed E-state index contributed by atoms with van der Waals surface area (Å²) in [5, 5.41) is 9.64. The first-order chi connectivity index (χ1) is 13.0. The molecule has 0 saturated carbocycles. The molecule has 0 aliphatic heterocycles. The van der Waals surface area contributed by atoms with Crippen LogP contribution in [0.15, 0.2) is 41.4 Å². The number of thiophene rings is 1. The Bertz CT molecular complexity index is 775. The molecule has 154 valence electrons. The fourth-order valence-electron chi connectivity index (χ4n) is 2.49. The Balaban J connectivity index is 0.00000392. The van der Waals surface area contributed by atoms with Crippen molar-refractivity contribution in [2.24, 2.45) is 10.9 Å². The maximum Gasteiger partial charge on any atom is 0.227 e. The van der Waals surface area contributed by atoms with E-state index < -0.39 is 0 Å². The highest BCUT2D eigenvalue weighted by atomic mass is 127. The van der Waals surface area contributed by atoms with E-state index in [0.717, 1.165) is 36.6 Å². The molecule has 1 atom stereocenters. The first-order valence-electron chi connectivity index (χ1n) is 9.47. The summed E-state index contributed by atoms with van der Waals surface area (Å²) in [7, 11) is 1.77. The van der Waals surface area contributed by atoms with Gasteiger partial charge >= 0.3 is 0 Å². The summed E-state index contributed by atoms with van der Waals surface area (Å²) < 4.78 is 0. The van der Waals surface area contributed by atoms with Gasteiger partial charge in [0.2, 0.25) is 5.91 Å². The second kappa shape index (κ2) is 12.8. The average Bonchev–Trinajstić information content (AvgIpc) is 3.15. The van der Waals surface area contributed by atoms with Crippen molar-refractivity contribution in [3.8, 4) is 0 Å². The molecule has 0 saturated heterocycles. The molecule has 0 bridgehead atoms. The zero-order valence-electron chi connectivity index (χ0n) is 17.0. The highest BCUT2D eigenvalue weighted by Gasteiger charge is 2.10. The van der Waals surface area contributed by atoms with Gasteiger partial charge in [-0.1, -0.05) is 32.9 Å². The number of benzene rings is 1. The molecule has 2 aromatic rings. The Kier molecular flexibility index (Phi) is 11.1. The molecule has 28 heavy (non-hydrogen) atoms. The molecule has 7 heteroatoms. The highest BCUT2D eigenvalue weighted by molar-refractivity contribution is 14.0. The van der Waals surface area contributed by atoms with Gasteiger partial charge in [-0.15, -0.1) is 35.3 Å². The normalized spacial score (nSPS) is 12.1. The Labute approximate surface area is 189 Å². The third-order valence-corrected chi connectivity index (χ3v) is 5.66. The summed E-state index contributed by atoms with van der Waals surface area (Å²) in [6.45, 7) is 7.52. The second-order valence-corrected chi connectivity index (χ2v) is 7.75.